The van der Waals surface area contributed by atoms with Crippen LogP contribution >= 0.6 is 15.9 Å². The standard InChI is InChI=1S/C10H9BrF2O2/c1-2-15-10(14)6-3-4-8(11)7(5-6)9(12)13/h3-5,9H,2H2,1H3. The SMILES string of the molecule is CCOC(=O)c1ccc(Br)c(C(F)F)c1. The van der Waals surface area contributed by atoms with Crippen molar-refractivity contribution in [3.8, 4) is 0 Å². The van der Waals surface area contributed by atoms with Crippen LogP contribution in [0.2, 0.25) is 0 Å². The molecule has 15 heavy (non-hydrogen) atoms. The molecular weight excluding hydrogens is 270 g/mol. The van der Waals surface area contributed by atoms with Gasteiger partial charge in [0.15, 0.2) is 0 Å². The maximum atomic E-state index is 12.5. The minimum atomic E-state index is -2.62. The summed E-state index contributed by atoms with van der Waals surface area (Å²) < 4.78 is 29.9. The van der Waals surface area contributed by atoms with Gasteiger partial charge in [-0.2, -0.15) is 0 Å². The Morgan fingerprint density at radius 2 is 2.20 bits per heavy atom. The Labute approximate surface area is 94.4 Å². The van der Waals surface area contributed by atoms with E-state index in [1.165, 1.54) is 12.1 Å². The minimum Gasteiger partial charge on any atom is -0.462 e. The molecule has 0 bridgehead atoms. The zero-order valence-electron chi connectivity index (χ0n) is 7.97. The highest BCUT2D eigenvalue weighted by atomic mass is 79.9. The van der Waals surface area contributed by atoms with E-state index in [0.29, 0.717) is 0 Å². The smallest absolute Gasteiger partial charge is 0.338 e. The molecule has 5 heteroatoms. The second-order valence-corrected chi connectivity index (χ2v) is 3.61. The van der Waals surface area contributed by atoms with Crippen LogP contribution in [-0.2, 0) is 4.74 Å². The third kappa shape index (κ3) is 2.99. The van der Waals surface area contributed by atoms with Gasteiger partial charge in [-0.05, 0) is 25.1 Å². The zero-order chi connectivity index (χ0) is 11.4. The highest BCUT2D eigenvalue weighted by molar-refractivity contribution is 9.10. The van der Waals surface area contributed by atoms with Crippen LogP contribution in [-0.4, -0.2) is 12.6 Å². The summed E-state index contributed by atoms with van der Waals surface area (Å²) >= 11 is 2.99. The molecule has 0 aromatic heterocycles. The Bertz CT molecular complexity index is 366. The Hall–Kier alpha value is -0.970. The van der Waals surface area contributed by atoms with Crippen molar-refractivity contribution in [1.82, 2.24) is 0 Å². The van der Waals surface area contributed by atoms with E-state index in [1.54, 1.807) is 6.92 Å². The van der Waals surface area contributed by atoms with Crippen LogP contribution in [0.25, 0.3) is 0 Å². The van der Waals surface area contributed by atoms with Crippen molar-refractivity contribution in [2.75, 3.05) is 6.61 Å². The molecule has 1 aromatic rings. The predicted octanol–water partition coefficient (Wildman–Crippen LogP) is 3.56. The molecule has 0 unspecified atom stereocenters. The summed E-state index contributed by atoms with van der Waals surface area (Å²) in [7, 11) is 0. The number of hydrogen-bond donors (Lipinski definition) is 0. The number of alkyl halides is 2. The summed E-state index contributed by atoms with van der Waals surface area (Å²) in [6.07, 6.45) is -2.62. The van der Waals surface area contributed by atoms with Gasteiger partial charge in [0.25, 0.3) is 6.43 Å². The normalized spacial score (nSPS) is 10.5. The lowest BCUT2D eigenvalue weighted by atomic mass is 10.1. The zero-order valence-corrected chi connectivity index (χ0v) is 9.55. The summed E-state index contributed by atoms with van der Waals surface area (Å²) in [4.78, 5) is 11.2. The first-order valence-electron chi connectivity index (χ1n) is 4.31. The molecule has 0 saturated heterocycles. The van der Waals surface area contributed by atoms with Crippen molar-refractivity contribution in [2.45, 2.75) is 13.3 Å². The molecule has 82 valence electrons. The van der Waals surface area contributed by atoms with E-state index >= 15 is 0 Å². The van der Waals surface area contributed by atoms with Gasteiger partial charge in [0.2, 0.25) is 0 Å². The fourth-order valence-corrected chi connectivity index (χ4v) is 1.47. The second kappa shape index (κ2) is 5.21. The molecule has 0 amide bonds. The molecule has 0 fully saturated rings. The molecule has 0 aliphatic heterocycles. The molecule has 0 aliphatic rings. The number of ether oxygens (including phenoxy) is 1. The summed E-state index contributed by atoms with van der Waals surface area (Å²) in [5, 5.41) is 0. The predicted molar refractivity (Wildman–Crippen MR) is 55.1 cm³/mol. The lowest BCUT2D eigenvalue weighted by Gasteiger charge is -2.06. The Morgan fingerprint density at radius 1 is 1.53 bits per heavy atom. The second-order valence-electron chi connectivity index (χ2n) is 2.76. The van der Waals surface area contributed by atoms with Crippen molar-refractivity contribution in [1.29, 1.82) is 0 Å². The molecule has 0 N–H and O–H groups in total. The number of hydrogen-bond acceptors (Lipinski definition) is 2. The highest BCUT2D eigenvalue weighted by Gasteiger charge is 2.15. The van der Waals surface area contributed by atoms with Crippen LogP contribution in [0.5, 0.6) is 0 Å². The summed E-state index contributed by atoms with van der Waals surface area (Å²) in [6.45, 7) is 1.88. The Balaban J connectivity index is 3.02. The van der Waals surface area contributed by atoms with Gasteiger partial charge < -0.3 is 4.74 Å². The van der Waals surface area contributed by atoms with Crippen molar-refractivity contribution >= 4 is 21.9 Å². The topological polar surface area (TPSA) is 26.3 Å². The maximum absolute atomic E-state index is 12.5. The first-order valence-corrected chi connectivity index (χ1v) is 5.10. The van der Waals surface area contributed by atoms with E-state index in [4.69, 9.17) is 4.74 Å². The average molecular weight is 279 g/mol. The van der Waals surface area contributed by atoms with Gasteiger partial charge in [-0.1, -0.05) is 15.9 Å². The maximum Gasteiger partial charge on any atom is 0.338 e. The molecule has 0 heterocycles. The van der Waals surface area contributed by atoms with Crippen LogP contribution < -0.4 is 0 Å². The lowest BCUT2D eigenvalue weighted by molar-refractivity contribution is 0.0526. The Kier molecular flexibility index (Phi) is 4.20. The molecule has 1 aromatic carbocycles. The Morgan fingerprint density at radius 3 is 2.73 bits per heavy atom. The average Bonchev–Trinajstić information content (AvgIpc) is 2.18. The summed E-state index contributed by atoms with van der Waals surface area (Å²) in [6, 6.07) is 3.98. The minimum absolute atomic E-state index is 0.135. The van der Waals surface area contributed by atoms with Crippen molar-refractivity contribution in [2.24, 2.45) is 0 Å². The van der Waals surface area contributed by atoms with Gasteiger partial charge in [0.1, 0.15) is 0 Å². The molecule has 0 atom stereocenters. The monoisotopic (exact) mass is 278 g/mol. The van der Waals surface area contributed by atoms with Gasteiger partial charge in [0, 0.05) is 10.0 Å². The van der Waals surface area contributed by atoms with Crippen LogP contribution in [0, 0.1) is 0 Å². The first kappa shape index (κ1) is 12.1. The molecule has 0 aliphatic carbocycles. The van der Waals surface area contributed by atoms with E-state index in [0.717, 1.165) is 6.07 Å². The summed E-state index contributed by atoms with van der Waals surface area (Å²) in [5.41, 5.74) is -0.0732. The van der Waals surface area contributed by atoms with Gasteiger partial charge >= 0.3 is 5.97 Å². The molecule has 0 radical (unpaired) electrons. The quantitative estimate of drug-likeness (QED) is 0.791. The van der Waals surface area contributed by atoms with E-state index in [-0.39, 0.29) is 22.2 Å². The van der Waals surface area contributed by atoms with Crippen molar-refractivity contribution < 1.29 is 18.3 Å². The number of carbonyl (C=O) groups is 1. The number of esters is 1. The number of rotatable bonds is 3. The van der Waals surface area contributed by atoms with Crippen LogP contribution in [0.1, 0.15) is 29.3 Å². The molecule has 0 spiro atoms. The van der Waals surface area contributed by atoms with Gasteiger partial charge in [-0.15, -0.1) is 0 Å². The third-order valence-corrected chi connectivity index (χ3v) is 2.46. The van der Waals surface area contributed by atoms with Crippen molar-refractivity contribution in [3.63, 3.8) is 0 Å². The first-order chi connectivity index (χ1) is 7.06. The van der Waals surface area contributed by atoms with Gasteiger partial charge in [-0.3, -0.25) is 0 Å². The number of carbonyl (C=O) groups excluding carboxylic acids is 1. The van der Waals surface area contributed by atoms with Gasteiger partial charge in [-0.25, -0.2) is 13.6 Å². The molecule has 2 nitrogen and oxygen atoms in total. The van der Waals surface area contributed by atoms with E-state index < -0.39 is 12.4 Å². The lowest BCUT2D eigenvalue weighted by Crippen LogP contribution is -2.05. The van der Waals surface area contributed by atoms with E-state index in [9.17, 15) is 13.6 Å². The van der Waals surface area contributed by atoms with Gasteiger partial charge in [0.05, 0.1) is 12.2 Å². The number of halogens is 3. The fraction of sp³-hybridized carbons (Fsp3) is 0.300. The largest absolute Gasteiger partial charge is 0.462 e. The molecule has 1 rings (SSSR count). The van der Waals surface area contributed by atoms with Crippen molar-refractivity contribution in [3.05, 3.63) is 33.8 Å². The van der Waals surface area contributed by atoms with Crippen LogP contribution in [0.15, 0.2) is 22.7 Å². The van der Waals surface area contributed by atoms with E-state index in [2.05, 4.69) is 15.9 Å². The highest BCUT2D eigenvalue weighted by Crippen LogP contribution is 2.28. The molecule has 0 saturated carbocycles. The van der Waals surface area contributed by atoms with Crippen LogP contribution in [0.4, 0.5) is 8.78 Å². The molecular formula is C10H9BrF2O2. The summed E-state index contributed by atoms with van der Waals surface area (Å²) in [5.74, 6) is -0.591. The third-order valence-electron chi connectivity index (χ3n) is 1.74. The fourth-order valence-electron chi connectivity index (χ4n) is 1.05. The number of benzene rings is 1. The van der Waals surface area contributed by atoms with Crippen LogP contribution in [0.3, 0.4) is 0 Å². The van der Waals surface area contributed by atoms with E-state index in [1.807, 2.05) is 0 Å².